The molecule has 1 amide bonds. The monoisotopic (exact) mass is 536 g/mol. The molecule has 0 spiro atoms. The molecule has 1 N–H and O–H groups in total. The minimum atomic E-state index is -4.31. The van der Waals surface area contributed by atoms with Gasteiger partial charge in [-0.2, -0.15) is 13.2 Å². The number of hydrogen-bond donors (Lipinski definition) is 1. The predicted molar refractivity (Wildman–Crippen MR) is 144 cm³/mol. The third kappa shape index (κ3) is 5.57. The number of nitrogens with one attached hydrogen (secondary N) is 1. The molecule has 1 fully saturated rings. The first-order valence-corrected chi connectivity index (χ1v) is 13.1. The lowest BCUT2D eigenvalue weighted by atomic mass is 9.88. The van der Waals surface area contributed by atoms with Gasteiger partial charge in [-0.15, -0.1) is 0 Å². The number of carbonyl (C=O) groups is 1. The molecule has 4 aromatic rings. The molecule has 0 saturated carbocycles. The Kier molecular flexibility index (Phi) is 7.50. The van der Waals surface area contributed by atoms with Crippen LogP contribution in [-0.2, 0) is 19.1 Å². The van der Waals surface area contributed by atoms with Crippen LogP contribution in [0.15, 0.2) is 66.9 Å². The molecule has 2 aromatic carbocycles. The summed E-state index contributed by atoms with van der Waals surface area (Å²) in [4.78, 5) is 20.0. The van der Waals surface area contributed by atoms with Gasteiger partial charge in [0, 0.05) is 31.5 Å². The first-order chi connectivity index (χ1) is 18.8. The number of piperidine rings is 1. The number of methoxy groups -OCH3 is 1. The molecule has 0 atom stereocenters. The first kappa shape index (κ1) is 26.6. The van der Waals surface area contributed by atoms with Crippen molar-refractivity contribution in [3.63, 3.8) is 0 Å². The summed E-state index contributed by atoms with van der Waals surface area (Å²) in [6, 6.07) is 17.3. The third-order valence-electron chi connectivity index (χ3n) is 7.42. The van der Waals surface area contributed by atoms with Crippen LogP contribution in [0.4, 0.5) is 18.9 Å². The summed E-state index contributed by atoms with van der Waals surface area (Å²) in [7, 11) is 1.58. The molecule has 1 aliphatic rings. The SMILES string of the molecule is CCc1nc2c(OC)cccn2c1C(=O)NCc1ccc(N2CCC(c3ccc(C(F)(F)F)cc3)CC2)cc1. The molecule has 9 heteroatoms. The molecule has 0 unspecified atom stereocenters. The maximum Gasteiger partial charge on any atom is 0.416 e. The lowest BCUT2D eigenvalue weighted by Crippen LogP contribution is -2.32. The molecule has 0 bridgehead atoms. The Hall–Kier alpha value is -4.01. The van der Waals surface area contributed by atoms with Gasteiger partial charge in [-0.1, -0.05) is 31.2 Å². The van der Waals surface area contributed by atoms with E-state index >= 15 is 0 Å². The van der Waals surface area contributed by atoms with E-state index in [4.69, 9.17) is 4.74 Å². The van der Waals surface area contributed by atoms with Gasteiger partial charge in [0.1, 0.15) is 5.69 Å². The second-order valence-electron chi connectivity index (χ2n) is 9.76. The number of aromatic nitrogens is 2. The molecule has 5 rings (SSSR count). The molecule has 1 aliphatic heterocycles. The van der Waals surface area contributed by atoms with Gasteiger partial charge in [0.2, 0.25) is 0 Å². The van der Waals surface area contributed by atoms with Crippen molar-refractivity contribution in [3.8, 4) is 5.75 Å². The van der Waals surface area contributed by atoms with Gasteiger partial charge in [0.25, 0.3) is 5.91 Å². The van der Waals surface area contributed by atoms with Gasteiger partial charge in [0.15, 0.2) is 11.4 Å². The summed E-state index contributed by atoms with van der Waals surface area (Å²) in [5, 5.41) is 3.02. The second-order valence-corrected chi connectivity index (χ2v) is 9.76. The minimum absolute atomic E-state index is 0.193. The number of amides is 1. The van der Waals surface area contributed by atoms with E-state index in [0.29, 0.717) is 35.8 Å². The zero-order chi connectivity index (χ0) is 27.6. The summed E-state index contributed by atoms with van der Waals surface area (Å²) in [6.07, 6.45) is -0.107. The first-order valence-electron chi connectivity index (χ1n) is 13.1. The van der Waals surface area contributed by atoms with Crippen molar-refractivity contribution in [2.45, 2.75) is 44.8 Å². The number of fused-ring (bicyclic) bond motifs is 1. The zero-order valence-corrected chi connectivity index (χ0v) is 22.0. The number of imidazole rings is 1. The highest BCUT2D eigenvalue weighted by molar-refractivity contribution is 5.95. The minimum Gasteiger partial charge on any atom is -0.493 e. The number of rotatable bonds is 7. The molecular formula is C30H31F3N4O2. The Balaban J connectivity index is 1.18. The lowest BCUT2D eigenvalue weighted by Gasteiger charge is -2.34. The van der Waals surface area contributed by atoms with Crippen LogP contribution in [0.2, 0.25) is 0 Å². The van der Waals surface area contributed by atoms with E-state index in [0.717, 1.165) is 42.7 Å². The Labute approximate surface area is 225 Å². The van der Waals surface area contributed by atoms with Crippen LogP contribution in [0, 0.1) is 0 Å². The van der Waals surface area contributed by atoms with Crippen molar-refractivity contribution in [2.75, 3.05) is 25.1 Å². The van der Waals surface area contributed by atoms with E-state index in [1.807, 2.05) is 37.4 Å². The van der Waals surface area contributed by atoms with Crippen LogP contribution in [0.3, 0.4) is 0 Å². The smallest absolute Gasteiger partial charge is 0.416 e. The topological polar surface area (TPSA) is 58.9 Å². The van der Waals surface area contributed by atoms with Gasteiger partial charge >= 0.3 is 6.18 Å². The van der Waals surface area contributed by atoms with Crippen molar-refractivity contribution in [3.05, 3.63) is 94.9 Å². The number of nitrogens with zero attached hydrogens (tertiary/aromatic N) is 3. The number of alkyl halides is 3. The number of halogens is 3. The summed E-state index contributed by atoms with van der Waals surface area (Å²) in [5.74, 6) is 0.679. The van der Waals surface area contributed by atoms with Crippen LogP contribution in [0.5, 0.6) is 5.75 Å². The number of hydrogen-bond acceptors (Lipinski definition) is 4. The summed E-state index contributed by atoms with van der Waals surface area (Å²) >= 11 is 0. The average Bonchev–Trinajstić information content (AvgIpc) is 3.35. The van der Waals surface area contributed by atoms with Crippen molar-refractivity contribution in [1.29, 1.82) is 0 Å². The van der Waals surface area contributed by atoms with Gasteiger partial charge in [0.05, 0.1) is 18.4 Å². The quantitative estimate of drug-likeness (QED) is 0.304. The van der Waals surface area contributed by atoms with Crippen LogP contribution in [-0.4, -0.2) is 35.5 Å². The fraction of sp³-hybridized carbons (Fsp3) is 0.333. The van der Waals surface area contributed by atoms with Crippen LogP contribution >= 0.6 is 0 Å². The molecule has 3 heterocycles. The Bertz CT molecular complexity index is 1440. The Morgan fingerprint density at radius 3 is 2.36 bits per heavy atom. The van der Waals surface area contributed by atoms with Crippen molar-refractivity contribution in [2.24, 2.45) is 0 Å². The number of benzene rings is 2. The van der Waals surface area contributed by atoms with Gasteiger partial charge < -0.3 is 15.0 Å². The molecule has 0 aliphatic carbocycles. The van der Waals surface area contributed by atoms with Crippen LogP contribution < -0.4 is 15.0 Å². The van der Waals surface area contributed by atoms with E-state index in [1.54, 1.807) is 23.6 Å². The molecule has 2 aromatic heterocycles. The van der Waals surface area contributed by atoms with Crippen LogP contribution in [0.25, 0.3) is 5.65 Å². The number of ether oxygens (including phenoxy) is 1. The van der Waals surface area contributed by atoms with Gasteiger partial charge in [-0.3, -0.25) is 9.20 Å². The fourth-order valence-electron chi connectivity index (χ4n) is 5.24. The number of pyridine rings is 1. The molecule has 39 heavy (non-hydrogen) atoms. The zero-order valence-electron chi connectivity index (χ0n) is 22.0. The van der Waals surface area contributed by atoms with Crippen LogP contribution in [0.1, 0.15) is 58.6 Å². The van der Waals surface area contributed by atoms with E-state index < -0.39 is 11.7 Å². The van der Waals surface area contributed by atoms with Gasteiger partial charge in [-0.25, -0.2) is 4.98 Å². The lowest BCUT2D eigenvalue weighted by molar-refractivity contribution is -0.137. The highest BCUT2D eigenvalue weighted by Gasteiger charge is 2.30. The van der Waals surface area contributed by atoms with Crippen molar-refractivity contribution in [1.82, 2.24) is 14.7 Å². The fourth-order valence-corrected chi connectivity index (χ4v) is 5.24. The normalized spacial score (nSPS) is 14.5. The van der Waals surface area contributed by atoms with E-state index in [-0.39, 0.29) is 11.8 Å². The summed E-state index contributed by atoms with van der Waals surface area (Å²) in [6.45, 7) is 4.02. The average molecular weight is 537 g/mol. The molecular weight excluding hydrogens is 505 g/mol. The number of carbonyl (C=O) groups excluding carboxylic acids is 1. The standard InChI is InChI=1S/C30H31F3N4O2/c1-3-25-27(37-16-4-5-26(39-2)28(37)35-25)29(38)34-19-20-6-12-24(13-7-20)36-17-14-22(15-18-36)21-8-10-23(11-9-21)30(31,32)33/h4-13,16,22H,3,14-15,17-19H2,1-2H3,(H,34,38). The van der Waals surface area contributed by atoms with E-state index in [2.05, 4.69) is 27.3 Å². The Morgan fingerprint density at radius 2 is 1.74 bits per heavy atom. The largest absolute Gasteiger partial charge is 0.493 e. The molecule has 1 saturated heterocycles. The maximum atomic E-state index is 13.1. The van der Waals surface area contributed by atoms with E-state index in [1.165, 1.54) is 12.1 Å². The van der Waals surface area contributed by atoms with Crippen molar-refractivity contribution >= 4 is 17.2 Å². The molecule has 6 nitrogen and oxygen atoms in total. The predicted octanol–water partition coefficient (Wildman–Crippen LogP) is 6.24. The Morgan fingerprint density at radius 1 is 1.05 bits per heavy atom. The molecule has 0 radical (unpaired) electrons. The van der Waals surface area contributed by atoms with E-state index in [9.17, 15) is 18.0 Å². The highest BCUT2D eigenvalue weighted by atomic mass is 19.4. The highest BCUT2D eigenvalue weighted by Crippen LogP contribution is 2.34. The third-order valence-corrected chi connectivity index (χ3v) is 7.42. The number of anilines is 1. The van der Waals surface area contributed by atoms with Crippen molar-refractivity contribution < 1.29 is 22.7 Å². The summed E-state index contributed by atoms with van der Waals surface area (Å²) in [5.41, 5.74) is 4.28. The summed E-state index contributed by atoms with van der Waals surface area (Å²) < 4.78 is 45.7. The van der Waals surface area contributed by atoms with Gasteiger partial charge in [-0.05, 0) is 72.7 Å². The maximum absolute atomic E-state index is 13.1. The second kappa shape index (κ2) is 11.0. The number of aryl methyl sites for hydroxylation is 1. The molecule has 204 valence electrons.